The van der Waals surface area contributed by atoms with Crippen molar-refractivity contribution in [2.45, 2.75) is 12.5 Å². The SMILES string of the molecule is OC[C@@H](Cc1ccccc1)Nc1ncnc2oc(-c3ccccc3)c(-c3ccccc3)c12. The third-order valence-electron chi connectivity index (χ3n) is 5.47. The fourth-order valence-electron chi connectivity index (χ4n) is 3.97. The Morgan fingerprint density at radius 2 is 1.41 bits per heavy atom. The lowest BCUT2D eigenvalue weighted by molar-refractivity contribution is 0.273. The number of aromatic nitrogens is 2. The molecule has 2 heterocycles. The first-order chi connectivity index (χ1) is 15.8. The minimum atomic E-state index is -0.200. The fraction of sp³-hybridized carbons (Fsp3) is 0.111. The highest BCUT2D eigenvalue weighted by molar-refractivity contribution is 6.05. The zero-order valence-electron chi connectivity index (χ0n) is 17.5. The van der Waals surface area contributed by atoms with Gasteiger partial charge in [0, 0.05) is 11.1 Å². The van der Waals surface area contributed by atoms with E-state index in [4.69, 9.17) is 4.42 Å². The summed E-state index contributed by atoms with van der Waals surface area (Å²) >= 11 is 0. The highest BCUT2D eigenvalue weighted by Crippen LogP contribution is 2.42. The maximum absolute atomic E-state index is 10.1. The van der Waals surface area contributed by atoms with E-state index in [2.05, 4.69) is 39.6 Å². The average Bonchev–Trinajstić information content (AvgIpc) is 3.26. The lowest BCUT2D eigenvalue weighted by Crippen LogP contribution is -2.27. The Bertz CT molecular complexity index is 1300. The Hall–Kier alpha value is -3.96. The van der Waals surface area contributed by atoms with Gasteiger partial charge in [0.1, 0.15) is 17.9 Å². The number of furan rings is 1. The van der Waals surface area contributed by atoms with Gasteiger partial charge < -0.3 is 14.8 Å². The third-order valence-corrected chi connectivity index (χ3v) is 5.47. The summed E-state index contributed by atoms with van der Waals surface area (Å²) in [7, 11) is 0. The van der Waals surface area contributed by atoms with Crippen LogP contribution in [0.15, 0.2) is 102 Å². The summed E-state index contributed by atoms with van der Waals surface area (Å²) < 4.78 is 6.26. The predicted octanol–water partition coefficient (Wildman–Crippen LogP) is 5.57. The standard InChI is InChI=1S/C27H23N3O2/c31-17-22(16-19-10-4-1-5-11-19)30-26-24-23(20-12-6-2-7-13-20)25(21-14-8-3-9-15-21)32-27(24)29-18-28-26/h1-15,18,22,31H,16-17H2,(H,28,29,30)/t22-/m1/s1. The largest absolute Gasteiger partial charge is 0.437 e. The van der Waals surface area contributed by atoms with Crippen LogP contribution in [0, 0.1) is 0 Å². The molecule has 0 radical (unpaired) electrons. The molecule has 0 aliphatic rings. The number of fused-ring (bicyclic) bond motifs is 1. The van der Waals surface area contributed by atoms with Gasteiger partial charge in [0.25, 0.3) is 0 Å². The number of hydrogen-bond donors (Lipinski definition) is 2. The zero-order valence-corrected chi connectivity index (χ0v) is 17.5. The van der Waals surface area contributed by atoms with Gasteiger partial charge in [-0.15, -0.1) is 0 Å². The molecular formula is C27H23N3O2. The maximum atomic E-state index is 10.1. The molecule has 5 nitrogen and oxygen atoms in total. The molecule has 0 bridgehead atoms. The van der Waals surface area contributed by atoms with Crippen molar-refractivity contribution in [1.29, 1.82) is 0 Å². The summed E-state index contributed by atoms with van der Waals surface area (Å²) in [5.41, 5.74) is 4.58. The Morgan fingerprint density at radius 1 is 0.781 bits per heavy atom. The minimum absolute atomic E-state index is 0.0234. The van der Waals surface area contributed by atoms with Crippen LogP contribution >= 0.6 is 0 Å². The van der Waals surface area contributed by atoms with Crippen LogP contribution < -0.4 is 5.32 Å². The van der Waals surface area contributed by atoms with Crippen LogP contribution in [0.5, 0.6) is 0 Å². The third kappa shape index (κ3) is 3.98. The molecule has 5 rings (SSSR count). The smallest absolute Gasteiger partial charge is 0.232 e. The van der Waals surface area contributed by atoms with Crippen LogP contribution in [0.1, 0.15) is 5.56 Å². The number of anilines is 1. The van der Waals surface area contributed by atoms with Gasteiger partial charge in [0.05, 0.1) is 18.0 Å². The molecule has 0 unspecified atom stereocenters. The molecule has 3 aromatic carbocycles. The summed E-state index contributed by atoms with van der Waals surface area (Å²) in [5.74, 6) is 1.40. The van der Waals surface area contributed by atoms with Crippen molar-refractivity contribution in [3.05, 3.63) is 103 Å². The molecule has 0 spiro atoms. The quantitative estimate of drug-likeness (QED) is 0.359. The second-order valence-electron chi connectivity index (χ2n) is 7.65. The second kappa shape index (κ2) is 9.04. The maximum Gasteiger partial charge on any atom is 0.232 e. The van der Waals surface area contributed by atoms with E-state index in [-0.39, 0.29) is 12.6 Å². The van der Waals surface area contributed by atoms with Crippen molar-refractivity contribution in [3.63, 3.8) is 0 Å². The van der Waals surface area contributed by atoms with Crippen molar-refractivity contribution in [1.82, 2.24) is 9.97 Å². The van der Waals surface area contributed by atoms with Crippen molar-refractivity contribution in [2.75, 3.05) is 11.9 Å². The second-order valence-corrected chi connectivity index (χ2v) is 7.65. The van der Waals surface area contributed by atoms with Crippen LogP contribution in [0.2, 0.25) is 0 Å². The highest BCUT2D eigenvalue weighted by atomic mass is 16.3. The molecule has 0 amide bonds. The fourth-order valence-corrected chi connectivity index (χ4v) is 3.97. The van der Waals surface area contributed by atoms with Gasteiger partial charge in [-0.1, -0.05) is 91.0 Å². The van der Waals surface area contributed by atoms with E-state index in [0.717, 1.165) is 33.4 Å². The molecule has 1 atom stereocenters. The van der Waals surface area contributed by atoms with E-state index in [1.54, 1.807) is 0 Å². The first-order valence-electron chi connectivity index (χ1n) is 10.6. The van der Waals surface area contributed by atoms with Crippen LogP contribution in [0.25, 0.3) is 33.6 Å². The Balaban J connectivity index is 1.63. The number of aliphatic hydroxyl groups is 1. The van der Waals surface area contributed by atoms with E-state index in [1.165, 1.54) is 6.33 Å². The zero-order chi connectivity index (χ0) is 21.8. The van der Waals surface area contributed by atoms with Gasteiger partial charge in [-0.05, 0) is 17.5 Å². The molecule has 2 aromatic heterocycles. The number of hydrogen-bond acceptors (Lipinski definition) is 5. The van der Waals surface area contributed by atoms with E-state index in [1.807, 2.05) is 66.7 Å². The molecule has 5 aromatic rings. The van der Waals surface area contributed by atoms with Crippen molar-refractivity contribution < 1.29 is 9.52 Å². The topological polar surface area (TPSA) is 71.2 Å². The molecule has 0 saturated carbocycles. The van der Waals surface area contributed by atoms with E-state index in [0.29, 0.717) is 18.0 Å². The first-order valence-corrected chi connectivity index (χ1v) is 10.6. The number of rotatable bonds is 7. The van der Waals surface area contributed by atoms with Crippen LogP contribution in [0.3, 0.4) is 0 Å². The lowest BCUT2D eigenvalue weighted by Gasteiger charge is -2.17. The number of nitrogens with one attached hydrogen (secondary N) is 1. The minimum Gasteiger partial charge on any atom is -0.437 e. The Labute approximate surface area is 186 Å². The van der Waals surface area contributed by atoms with Gasteiger partial charge in [-0.25, -0.2) is 9.97 Å². The van der Waals surface area contributed by atoms with E-state index >= 15 is 0 Å². The molecule has 0 aliphatic carbocycles. The van der Waals surface area contributed by atoms with Crippen molar-refractivity contribution in [2.24, 2.45) is 0 Å². The molecule has 0 saturated heterocycles. The highest BCUT2D eigenvalue weighted by Gasteiger charge is 2.23. The molecule has 2 N–H and O–H groups in total. The normalized spacial score (nSPS) is 12.0. The van der Waals surface area contributed by atoms with E-state index < -0.39 is 0 Å². The van der Waals surface area contributed by atoms with Gasteiger partial charge in [0.15, 0.2) is 0 Å². The number of aliphatic hydroxyl groups excluding tert-OH is 1. The molecule has 158 valence electrons. The summed E-state index contributed by atoms with van der Waals surface area (Å²) in [5, 5.41) is 14.3. The monoisotopic (exact) mass is 421 g/mol. The van der Waals surface area contributed by atoms with Crippen LogP contribution in [-0.4, -0.2) is 27.7 Å². The summed E-state index contributed by atoms with van der Waals surface area (Å²) in [6.07, 6.45) is 2.17. The average molecular weight is 422 g/mol. The molecule has 0 fully saturated rings. The molecule has 5 heteroatoms. The van der Waals surface area contributed by atoms with Crippen LogP contribution in [-0.2, 0) is 6.42 Å². The molecule has 32 heavy (non-hydrogen) atoms. The summed E-state index contributed by atoms with van der Waals surface area (Å²) in [4.78, 5) is 8.95. The molecule has 0 aliphatic heterocycles. The van der Waals surface area contributed by atoms with E-state index in [9.17, 15) is 5.11 Å². The van der Waals surface area contributed by atoms with Crippen molar-refractivity contribution in [3.8, 4) is 22.5 Å². The van der Waals surface area contributed by atoms with Crippen molar-refractivity contribution >= 4 is 16.9 Å². The van der Waals surface area contributed by atoms with Gasteiger partial charge in [0.2, 0.25) is 5.71 Å². The predicted molar refractivity (Wildman–Crippen MR) is 127 cm³/mol. The first kappa shape index (κ1) is 20.0. The Kier molecular flexibility index (Phi) is 5.64. The molecular weight excluding hydrogens is 398 g/mol. The number of benzene rings is 3. The summed E-state index contributed by atoms with van der Waals surface area (Å²) in [6.45, 7) is -0.0234. The number of nitrogens with zero attached hydrogens (tertiary/aromatic N) is 2. The van der Waals surface area contributed by atoms with Gasteiger partial charge in [-0.3, -0.25) is 0 Å². The van der Waals surface area contributed by atoms with Gasteiger partial charge >= 0.3 is 0 Å². The van der Waals surface area contributed by atoms with Gasteiger partial charge in [-0.2, -0.15) is 0 Å². The summed E-state index contributed by atoms with van der Waals surface area (Å²) in [6, 6.07) is 30.0. The Morgan fingerprint density at radius 3 is 2.06 bits per heavy atom. The van der Waals surface area contributed by atoms with Crippen LogP contribution in [0.4, 0.5) is 5.82 Å². The lowest BCUT2D eigenvalue weighted by atomic mass is 9.99.